The van der Waals surface area contributed by atoms with E-state index in [1.54, 1.807) is 6.20 Å². The largest absolute Gasteiger partial charge is 0.353 e. The Bertz CT molecular complexity index is 689. The molecule has 1 saturated carbocycles. The number of rotatable bonds is 5. The maximum Gasteiger partial charge on any atom is 0.230 e. The van der Waals surface area contributed by atoms with Crippen molar-refractivity contribution in [2.75, 3.05) is 5.75 Å². The number of amides is 1. The molecule has 122 valence electrons. The molecule has 0 unspecified atom stereocenters. The Morgan fingerprint density at radius 2 is 2.13 bits per heavy atom. The fourth-order valence-corrected chi connectivity index (χ4v) is 3.81. The summed E-state index contributed by atoms with van der Waals surface area (Å²) < 4.78 is 2.07. The number of benzene rings is 1. The number of nitrogens with one attached hydrogen (secondary N) is 1. The van der Waals surface area contributed by atoms with E-state index in [2.05, 4.69) is 46.9 Å². The van der Waals surface area contributed by atoms with Crippen LogP contribution >= 0.6 is 11.8 Å². The van der Waals surface area contributed by atoms with E-state index in [1.807, 2.05) is 6.20 Å². The molecule has 0 radical (unpaired) electrons. The first-order valence-corrected chi connectivity index (χ1v) is 9.15. The number of nitrogens with zero attached hydrogens (tertiary/aromatic N) is 2. The molecule has 1 fully saturated rings. The first kappa shape index (κ1) is 16.1. The highest BCUT2D eigenvalue weighted by Crippen LogP contribution is 2.24. The maximum atomic E-state index is 12.1. The minimum absolute atomic E-state index is 0.109. The Morgan fingerprint density at radius 1 is 1.35 bits per heavy atom. The van der Waals surface area contributed by atoms with E-state index in [0.717, 1.165) is 23.7 Å². The van der Waals surface area contributed by atoms with Crippen LogP contribution in [0.1, 0.15) is 36.8 Å². The molecule has 0 saturated heterocycles. The molecule has 23 heavy (non-hydrogen) atoms. The second kappa shape index (κ2) is 7.21. The molecule has 0 aliphatic heterocycles. The highest BCUT2D eigenvalue weighted by atomic mass is 32.2. The number of aryl methyl sites for hydroxylation is 2. The fraction of sp³-hybridized carbons (Fsp3) is 0.444. The lowest BCUT2D eigenvalue weighted by Gasteiger charge is -2.13. The van der Waals surface area contributed by atoms with E-state index in [4.69, 9.17) is 0 Å². The third-order valence-corrected chi connectivity index (χ3v) is 5.25. The normalized spacial score (nSPS) is 15.0. The summed E-state index contributed by atoms with van der Waals surface area (Å²) in [6.45, 7) is 4.18. The lowest BCUT2D eigenvalue weighted by atomic mass is 10.1. The summed E-state index contributed by atoms with van der Waals surface area (Å²) in [5.74, 6) is 0.524. The van der Waals surface area contributed by atoms with Crippen LogP contribution in [0.25, 0.3) is 5.69 Å². The molecule has 0 atom stereocenters. The van der Waals surface area contributed by atoms with Gasteiger partial charge in [-0.15, -0.1) is 0 Å². The molecule has 1 aromatic heterocycles. The van der Waals surface area contributed by atoms with E-state index >= 15 is 0 Å². The molecule has 0 spiro atoms. The van der Waals surface area contributed by atoms with Crippen molar-refractivity contribution in [3.63, 3.8) is 0 Å². The van der Waals surface area contributed by atoms with E-state index in [0.29, 0.717) is 11.8 Å². The number of imidazole rings is 1. The van der Waals surface area contributed by atoms with Gasteiger partial charge in [0, 0.05) is 18.4 Å². The Balaban J connectivity index is 1.66. The van der Waals surface area contributed by atoms with Crippen molar-refractivity contribution in [3.05, 3.63) is 41.7 Å². The molecular weight excluding hydrogens is 306 g/mol. The SMILES string of the molecule is Cc1ccc(C)c(-n2ccnc2SCC(=O)NC2CCCC2)c1. The van der Waals surface area contributed by atoms with E-state index in [9.17, 15) is 4.79 Å². The summed E-state index contributed by atoms with van der Waals surface area (Å²) in [7, 11) is 0. The van der Waals surface area contributed by atoms with Gasteiger partial charge >= 0.3 is 0 Å². The van der Waals surface area contributed by atoms with Gasteiger partial charge in [-0.1, -0.05) is 36.7 Å². The molecule has 2 aromatic rings. The maximum absolute atomic E-state index is 12.1. The highest BCUT2D eigenvalue weighted by molar-refractivity contribution is 7.99. The van der Waals surface area contributed by atoms with Gasteiger partial charge in [0.2, 0.25) is 5.91 Å². The van der Waals surface area contributed by atoms with Crippen molar-refractivity contribution in [1.29, 1.82) is 0 Å². The van der Waals surface area contributed by atoms with Crippen molar-refractivity contribution < 1.29 is 4.79 Å². The van der Waals surface area contributed by atoms with Crippen LogP contribution < -0.4 is 5.32 Å². The Morgan fingerprint density at radius 3 is 2.91 bits per heavy atom. The molecular formula is C18H23N3OS. The van der Waals surface area contributed by atoms with Gasteiger partial charge < -0.3 is 5.32 Å². The van der Waals surface area contributed by atoms with Gasteiger partial charge in [-0.2, -0.15) is 0 Å². The number of hydrogen-bond donors (Lipinski definition) is 1. The number of thioether (sulfide) groups is 1. The smallest absolute Gasteiger partial charge is 0.230 e. The number of carbonyl (C=O) groups is 1. The Kier molecular flexibility index (Phi) is 5.06. The lowest BCUT2D eigenvalue weighted by Crippen LogP contribution is -2.33. The zero-order chi connectivity index (χ0) is 16.2. The number of carbonyl (C=O) groups excluding carboxylic acids is 1. The van der Waals surface area contributed by atoms with E-state index < -0.39 is 0 Å². The third-order valence-electron chi connectivity index (χ3n) is 4.28. The summed E-state index contributed by atoms with van der Waals surface area (Å²) in [5, 5.41) is 3.99. The zero-order valence-corrected chi connectivity index (χ0v) is 14.5. The molecule has 5 heteroatoms. The minimum Gasteiger partial charge on any atom is -0.353 e. The topological polar surface area (TPSA) is 46.9 Å². The van der Waals surface area contributed by atoms with Gasteiger partial charge in [0.1, 0.15) is 0 Å². The standard InChI is InChI=1S/C18H23N3OS/c1-13-7-8-14(2)16(11-13)21-10-9-19-18(21)23-12-17(22)20-15-5-3-4-6-15/h7-11,15H,3-6,12H2,1-2H3,(H,20,22). The van der Waals surface area contributed by atoms with Crippen molar-refractivity contribution >= 4 is 17.7 Å². The van der Waals surface area contributed by atoms with Gasteiger partial charge in [-0.25, -0.2) is 4.98 Å². The van der Waals surface area contributed by atoms with Crippen LogP contribution in [-0.2, 0) is 4.79 Å². The number of aromatic nitrogens is 2. The third kappa shape index (κ3) is 3.96. The molecule has 1 aromatic carbocycles. The van der Waals surface area contributed by atoms with Crippen LogP contribution in [0.2, 0.25) is 0 Å². The second-order valence-corrected chi connectivity index (χ2v) is 7.15. The van der Waals surface area contributed by atoms with Crippen LogP contribution in [0.4, 0.5) is 0 Å². The van der Waals surface area contributed by atoms with E-state index in [-0.39, 0.29) is 5.91 Å². The van der Waals surface area contributed by atoms with Gasteiger partial charge in [-0.3, -0.25) is 9.36 Å². The summed E-state index contributed by atoms with van der Waals surface area (Å²) in [4.78, 5) is 16.5. The first-order chi connectivity index (χ1) is 11.1. The molecule has 3 rings (SSSR count). The van der Waals surface area contributed by atoms with Gasteiger partial charge in [0.25, 0.3) is 0 Å². The molecule has 1 heterocycles. The summed E-state index contributed by atoms with van der Waals surface area (Å²) in [6.07, 6.45) is 8.45. The molecule has 4 nitrogen and oxygen atoms in total. The van der Waals surface area contributed by atoms with Crippen LogP contribution in [-0.4, -0.2) is 27.3 Å². The molecule has 1 aliphatic rings. The number of hydrogen-bond acceptors (Lipinski definition) is 3. The quantitative estimate of drug-likeness (QED) is 0.852. The monoisotopic (exact) mass is 329 g/mol. The Hall–Kier alpha value is -1.75. The van der Waals surface area contributed by atoms with Gasteiger partial charge in [0.15, 0.2) is 5.16 Å². The van der Waals surface area contributed by atoms with Crippen molar-refractivity contribution in [1.82, 2.24) is 14.9 Å². The summed E-state index contributed by atoms with van der Waals surface area (Å²) in [5.41, 5.74) is 3.54. The Labute approximate surface area is 141 Å². The van der Waals surface area contributed by atoms with Crippen LogP contribution in [0.15, 0.2) is 35.7 Å². The average molecular weight is 329 g/mol. The molecule has 1 aliphatic carbocycles. The minimum atomic E-state index is 0.109. The predicted molar refractivity (Wildman–Crippen MR) is 94.2 cm³/mol. The van der Waals surface area contributed by atoms with Gasteiger partial charge in [0.05, 0.1) is 11.4 Å². The summed E-state index contributed by atoms with van der Waals surface area (Å²) >= 11 is 1.49. The van der Waals surface area contributed by atoms with Crippen molar-refractivity contribution in [2.24, 2.45) is 0 Å². The van der Waals surface area contributed by atoms with Crippen LogP contribution in [0.5, 0.6) is 0 Å². The average Bonchev–Trinajstić information content (AvgIpc) is 3.19. The van der Waals surface area contributed by atoms with Crippen LogP contribution in [0.3, 0.4) is 0 Å². The first-order valence-electron chi connectivity index (χ1n) is 8.16. The van der Waals surface area contributed by atoms with Gasteiger partial charge in [-0.05, 0) is 43.9 Å². The summed E-state index contributed by atoms with van der Waals surface area (Å²) in [6, 6.07) is 6.75. The van der Waals surface area contributed by atoms with Crippen molar-refractivity contribution in [2.45, 2.75) is 50.7 Å². The van der Waals surface area contributed by atoms with Crippen LogP contribution in [0, 0.1) is 13.8 Å². The second-order valence-electron chi connectivity index (χ2n) is 6.21. The molecule has 0 bridgehead atoms. The van der Waals surface area contributed by atoms with Crippen molar-refractivity contribution in [3.8, 4) is 5.69 Å². The lowest BCUT2D eigenvalue weighted by molar-refractivity contribution is -0.119. The zero-order valence-electron chi connectivity index (χ0n) is 13.7. The van der Waals surface area contributed by atoms with E-state index in [1.165, 1.54) is 35.7 Å². The highest BCUT2D eigenvalue weighted by Gasteiger charge is 2.17. The fourth-order valence-electron chi connectivity index (χ4n) is 3.03. The molecule has 1 amide bonds. The molecule has 1 N–H and O–H groups in total. The predicted octanol–water partition coefficient (Wildman–Crippen LogP) is 3.64.